The number of piperidine rings is 1. The molecule has 1 fully saturated rings. The highest BCUT2D eigenvalue weighted by atomic mass is 16.5. The number of amides is 1. The van der Waals surface area contributed by atoms with Crippen LogP contribution in [0.25, 0.3) is 0 Å². The Balaban J connectivity index is 1.69. The number of benzene rings is 1. The van der Waals surface area contributed by atoms with Crippen molar-refractivity contribution in [3.05, 3.63) is 29.3 Å². The van der Waals surface area contributed by atoms with Gasteiger partial charge in [-0.05, 0) is 57.0 Å². The lowest BCUT2D eigenvalue weighted by atomic mass is 10.0. The summed E-state index contributed by atoms with van der Waals surface area (Å²) in [5.74, 6) is 0.122. The van der Waals surface area contributed by atoms with E-state index in [0.29, 0.717) is 19.7 Å². The Bertz CT molecular complexity index is 651. The fraction of sp³-hybridized carbons (Fsp3) is 0.619. The molecular weight excluding hydrogens is 358 g/mol. The fourth-order valence-corrected chi connectivity index (χ4v) is 3.61. The molecular formula is C21H33N3O4. The van der Waals surface area contributed by atoms with Gasteiger partial charge < -0.3 is 14.7 Å². The molecule has 1 aromatic rings. The average Bonchev–Trinajstić information content (AvgIpc) is 2.60. The van der Waals surface area contributed by atoms with Crippen molar-refractivity contribution in [3.63, 3.8) is 0 Å². The molecule has 1 heterocycles. The van der Waals surface area contributed by atoms with Gasteiger partial charge in [-0.2, -0.15) is 0 Å². The zero-order valence-electron chi connectivity index (χ0n) is 17.5. The van der Waals surface area contributed by atoms with Crippen LogP contribution < -0.4 is 4.74 Å². The normalized spacial score (nSPS) is 15.6. The number of hydrogen-bond acceptors (Lipinski definition) is 5. The lowest BCUT2D eigenvalue weighted by Crippen LogP contribution is -2.48. The predicted octanol–water partition coefficient (Wildman–Crippen LogP) is 1.62. The number of ether oxygens (including phenoxy) is 1. The van der Waals surface area contributed by atoms with Gasteiger partial charge in [0.05, 0.1) is 19.6 Å². The van der Waals surface area contributed by atoms with E-state index in [1.165, 1.54) is 0 Å². The van der Waals surface area contributed by atoms with Crippen LogP contribution in [0.3, 0.4) is 0 Å². The van der Waals surface area contributed by atoms with Crippen molar-refractivity contribution >= 4 is 11.9 Å². The van der Waals surface area contributed by atoms with Crippen LogP contribution >= 0.6 is 0 Å². The van der Waals surface area contributed by atoms with Crippen molar-refractivity contribution in [2.45, 2.75) is 32.7 Å². The highest BCUT2D eigenvalue weighted by Crippen LogP contribution is 2.17. The molecule has 0 bridgehead atoms. The van der Waals surface area contributed by atoms with Crippen LogP contribution in [0.5, 0.6) is 5.75 Å². The van der Waals surface area contributed by atoms with Gasteiger partial charge in [0.15, 0.2) is 0 Å². The minimum Gasteiger partial charge on any atom is -0.492 e. The molecule has 156 valence electrons. The first kappa shape index (κ1) is 22.2. The van der Waals surface area contributed by atoms with Crippen LogP contribution in [-0.4, -0.2) is 91.2 Å². The number of carboxylic acids is 1. The number of aliphatic carboxylic acids is 1. The number of carboxylic acid groups (broad SMARTS) is 1. The molecule has 28 heavy (non-hydrogen) atoms. The SMILES string of the molecule is Cc1cc(C)cc(OCCN(C)C(=O)CN2CCC(N(C)CC(=O)O)CC2)c1. The molecule has 1 saturated heterocycles. The second kappa shape index (κ2) is 10.4. The zero-order chi connectivity index (χ0) is 20.7. The smallest absolute Gasteiger partial charge is 0.317 e. The van der Waals surface area contributed by atoms with Gasteiger partial charge in [-0.3, -0.25) is 19.4 Å². The average molecular weight is 392 g/mol. The summed E-state index contributed by atoms with van der Waals surface area (Å²) in [6.07, 6.45) is 1.77. The Hall–Kier alpha value is -2.12. The van der Waals surface area contributed by atoms with E-state index in [1.54, 1.807) is 11.9 Å². The molecule has 2 rings (SSSR count). The second-order valence-corrected chi connectivity index (χ2v) is 7.80. The zero-order valence-corrected chi connectivity index (χ0v) is 17.5. The van der Waals surface area contributed by atoms with Crippen molar-refractivity contribution in [1.82, 2.24) is 14.7 Å². The number of likely N-dealkylation sites (tertiary alicyclic amines) is 1. The minimum absolute atomic E-state index is 0.0623. The maximum Gasteiger partial charge on any atom is 0.317 e. The fourth-order valence-electron chi connectivity index (χ4n) is 3.61. The van der Waals surface area contributed by atoms with Crippen molar-refractivity contribution in [1.29, 1.82) is 0 Å². The Labute approximate surface area is 167 Å². The van der Waals surface area contributed by atoms with Gasteiger partial charge in [0.2, 0.25) is 5.91 Å². The van der Waals surface area contributed by atoms with Gasteiger partial charge in [0.25, 0.3) is 0 Å². The maximum absolute atomic E-state index is 12.5. The van der Waals surface area contributed by atoms with E-state index in [1.807, 2.05) is 37.9 Å². The summed E-state index contributed by atoms with van der Waals surface area (Å²) >= 11 is 0. The standard InChI is InChI=1S/C21H33N3O4/c1-16-11-17(2)13-19(12-16)28-10-9-22(3)20(25)14-24-7-5-18(6-8-24)23(4)15-21(26)27/h11-13,18H,5-10,14-15H2,1-4H3,(H,26,27). The molecule has 0 spiro atoms. The third-order valence-corrected chi connectivity index (χ3v) is 5.24. The van der Waals surface area contributed by atoms with E-state index in [9.17, 15) is 9.59 Å². The molecule has 0 aromatic heterocycles. The van der Waals surface area contributed by atoms with E-state index in [0.717, 1.165) is 42.8 Å². The van der Waals surface area contributed by atoms with Gasteiger partial charge in [0, 0.05) is 26.2 Å². The van der Waals surface area contributed by atoms with Crippen LogP contribution in [0.4, 0.5) is 0 Å². The van der Waals surface area contributed by atoms with E-state index in [2.05, 4.69) is 11.0 Å². The summed E-state index contributed by atoms with van der Waals surface area (Å²) in [5.41, 5.74) is 2.33. The number of carbonyl (C=O) groups is 2. The summed E-state index contributed by atoms with van der Waals surface area (Å²) in [6, 6.07) is 6.37. The number of hydrogen-bond donors (Lipinski definition) is 1. The van der Waals surface area contributed by atoms with Crippen LogP contribution in [-0.2, 0) is 9.59 Å². The van der Waals surface area contributed by atoms with Crippen molar-refractivity contribution in [2.24, 2.45) is 0 Å². The summed E-state index contributed by atoms with van der Waals surface area (Å²) in [4.78, 5) is 29.0. The first-order valence-corrected chi connectivity index (χ1v) is 9.84. The topological polar surface area (TPSA) is 73.3 Å². The van der Waals surface area contributed by atoms with Crippen LogP contribution in [0.1, 0.15) is 24.0 Å². The van der Waals surface area contributed by atoms with Gasteiger partial charge >= 0.3 is 5.97 Å². The summed E-state index contributed by atoms with van der Waals surface area (Å²) < 4.78 is 5.79. The van der Waals surface area contributed by atoms with E-state index in [-0.39, 0.29) is 18.5 Å². The van der Waals surface area contributed by atoms with Crippen molar-refractivity contribution in [3.8, 4) is 5.75 Å². The number of rotatable bonds is 9. The van der Waals surface area contributed by atoms with Crippen LogP contribution in [0.15, 0.2) is 18.2 Å². The Morgan fingerprint density at radius 2 is 1.75 bits per heavy atom. The van der Waals surface area contributed by atoms with Gasteiger partial charge in [-0.15, -0.1) is 0 Å². The molecule has 1 aliphatic rings. The maximum atomic E-state index is 12.5. The molecule has 1 N–H and O–H groups in total. The molecule has 1 aliphatic heterocycles. The Morgan fingerprint density at radius 1 is 1.14 bits per heavy atom. The summed E-state index contributed by atoms with van der Waals surface area (Å²) in [5, 5.41) is 8.90. The monoisotopic (exact) mass is 391 g/mol. The van der Waals surface area contributed by atoms with E-state index >= 15 is 0 Å². The lowest BCUT2D eigenvalue weighted by Gasteiger charge is -2.36. The molecule has 7 nitrogen and oxygen atoms in total. The number of likely N-dealkylation sites (N-methyl/N-ethyl adjacent to an activating group) is 2. The lowest BCUT2D eigenvalue weighted by molar-refractivity contribution is -0.138. The minimum atomic E-state index is -0.801. The van der Waals surface area contributed by atoms with Crippen LogP contribution in [0, 0.1) is 13.8 Å². The first-order chi connectivity index (χ1) is 13.2. The molecule has 0 radical (unpaired) electrons. The van der Waals surface area contributed by atoms with Crippen LogP contribution in [0.2, 0.25) is 0 Å². The Kier molecular flexibility index (Phi) is 8.26. The molecule has 7 heteroatoms. The Morgan fingerprint density at radius 3 is 2.32 bits per heavy atom. The van der Waals surface area contributed by atoms with E-state index < -0.39 is 5.97 Å². The third-order valence-electron chi connectivity index (χ3n) is 5.24. The van der Waals surface area contributed by atoms with E-state index in [4.69, 9.17) is 9.84 Å². The van der Waals surface area contributed by atoms with Gasteiger partial charge in [-0.25, -0.2) is 0 Å². The predicted molar refractivity (Wildman–Crippen MR) is 109 cm³/mol. The number of nitrogens with zero attached hydrogens (tertiary/aromatic N) is 3. The molecule has 0 unspecified atom stereocenters. The van der Waals surface area contributed by atoms with Gasteiger partial charge in [-0.1, -0.05) is 6.07 Å². The highest BCUT2D eigenvalue weighted by molar-refractivity contribution is 5.78. The molecule has 1 amide bonds. The first-order valence-electron chi connectivity index (χ1n) is 9.84. The molecule has 0 saturated carbocycles. The third kappa shape index (κ3) is 7.13. The number of aryl methyl sites for hydroxylation is 2. The second-order valence-electron chi connectivity index (χ2n) is 7.80. The quantitative estimate of drug-likeness (QED) is 0.690. The molecule has 0 aliphatic carbocycles. The summed E-state index contributed by atoms with van der Waals surface area (Å²) in [7, 11) is 3.66. The van der Waals surface area contributed by atoms with Crippen molar-refractivity contribution in [2.75, 3.05) is 53.4 Å². The molecule has 0 atom stereocenters. The number of carbonyl (C=O) groups excluding carboxylic acids is 1. The molecule has 1 aromatic carbocycles. The van der Waals surface area contributed by atoms with Gasteiger partial charge in [0.1, 0.15) is 12.4 Å². The summed E-state index contributed by atoms with van der Waals surface area (Å²) in [6.45, 7) is 7.18. The largest absolute Gasteiger partial charge is 0.492 e. The van der Waals surface area contributed by atoms with Crippen molar-refractivity contribution < 1.29 is 19.4 Å². The highest BCUT2D eigenvalue weighted by Gasteiger charge is 2.25.